The molecule has 2 saturated heterocycles. The van der Waals surface area contributed by atoms with Gasteiger partial charge < -0.3 is 29.6 Å². The summed E-state index contributed by atoms with van der Waals surface area (Å²) in [6.45, 7) is 10.2. The molecule has 1 unspecified atom stereocenters. The normalized spacial score (nSPS) is 17.9. The summed E-state index contributed by atoms with van der Waals surface area (Å²) in [5, 5.41) is 8.96. The standard InChI is InChI=1S/C27H42N6O7.ClH/c1-31-24-20-21(2-3-22(24)33(27(31)36)23-4-5-25(34)30-26(23)35)29-8-12-37-14-16-39-18-19-40-17-15-38-13-11-32-9-6-28-7-10-32;/h2-3,20,23,28-29H,4-19H2,1H3,(H,30,34,35);1H. The highest BCUT2D eigenvalue weighted by Crippen LogP contribution is 2.24. The van der Waals surface area contributed by atoms with Crippen LogP contribution in [0.15, 0.2) is 23.0 Å². The summed E-state index contributed by atoms with van der Waals surface area (Å²) in [6, 6.07) is 4.87. The summed E-state index contributed by atoms with van der Waals surface area (Å²) >= 11 is 0. The fourth-order valence-electron chi connectivity index (χ4n) is 4.86. The molecule has 0 bridgehead atoms. The van der Waals surface area contributed by atoms with Crippen LogP contribution < -0.4 is 21.6 Å². The molecular formula is C27H43ClN6O7. The Labute approximate surface area is 246 Å². The van der Waals surface area contributed by atoms with E-state index < -0.39 is 11.9 Å². The Morgan fingerprint density at radius 2 is 1.51 bits per heavy atom. The highest BCUT2D eigenvalue weighted by Gasteiger charge is 2.31. The van der Waals surface area contributed by atoms with Crippen LogP contribution in [-0.4, -0.2) is 118 Å². The van der Waals surface area contributed by atoms with Crippen molar-refractivity contribution in [2.75, 3.05) is 97.4 Å². The smallest absolute Gasteiger partial charge is 0.329 e. The van der Waals surface area contributed by atoms with Crippen LogP contribution in [0.5, 0.6) is 0 Å². The van der Waals surface area contributed by atoms with E-state index in [1.54, 1.807) is 7.05 Å². The minimum absolute atomic E-state index is 0. The summed E-state index contributed by atoms with van der Waals surface area (Å²) in [5.41, 5.74) is 1.92. The van der Waals surface area contributed by atoms with Gasteiger partial charge in [0.25, 0.3) is 0 Å². The number of hydrogen-bond acceptors (Lipinski definition) is 10. The highest BCUT2D eigenvalue weighted by atomic mass is 35.5. The molecule has 3 heterocycles. The van der Waals surface area contributed by atoms with E-state index in [9.17, 15) is 14.4 Å². The molecule has 0 aliphatic carbocycles. The Kier molecular flexibility index (Phi) is 14.0. The van der Waals surface area contributed by atoms with Crippen LogP contribution in [0.25, 0.3) is 11.0 Å². The number of aromatic nitrogens is 2. The Morgan fingerprint density at radius 3 is 2.17 bits per heavy atom. The molecule has 230 valence electrons. The lowest BCUT2D eigenvalue weighted by Crippen LogP contribution is -2.44. The van der Waals surface area contributed by atoms with Crippen molar-refractivity contribution in [1.29, 1.82) is 0 Å². The zero-order chi connectivity index (χ0) is 28.2. The third-order valence-electron chi connectivity index (χ3n) is 7.06. The molecule has 4 rings (SSSR count). The quantitative estimate of drug-likeness (QED) is 0.170. The van der Waals surface area contributed by atoms with E-state index in [2.05, 4.69) is 20.9 Å². The first-order chi connectivity index (χ1) is 19.5. The number of imide groups is 1. The Balaban J connectivity index is 0.00000462. The molecule has 2 fully saturated rings. The maximum Gasteiger partial charge on any atom is 0.329 e. The molecule has 1 aromatic carbocycles. The van der Waals surface area contributed by atoms with Crippen LogP contribution in [-0.2, 0) is 35.6 Å². The van der Waals surface area contributed by atoms with Crippen LogP contribution >= 0.6 is 12.4 Å². The van der Waals surface area contributed by atoms with Crippen LogP contribution in [0.4, 0.5) is 5.69 Å². The van der Waals surface area contributed by atoms with Crippen molar-refractivity contribution in [3.05, 3.63) is 28.7 Å². The number of halogens is 1. The van der Waals surface area contributed by atoms with Crippen molar-refractivity contribution in [3.8, 4) is 0 Å². The van der Waals surface area contributed by atoms with Crippen LogP contribution in [0.1, 0.15) is 18.9 Å². The molecule has 14 heteroatoms. The second-order valence-electron chi connectivity index (χ2n) is 9.85. The van der Waals surface area contributed by atoms with Crippen molar-refractivity contribution >= 4 is 40.9 Å². The van der Waals surface area contributed by atoms with Gasteiger partial charge in [0.1, 0.15) is 6.04 Å². The molecule has 13 nitrogen and oxygen atoms in total. The number of piperazine rings is 1. The first kappa shape index (κ1) is 33.0. The van der Waals surface area contributed by atoms with Crippen molar-refractivity contribution in [2.45, 2.75) is 18.9 Å². The number of nitrogens with zero attached hydrogens (tertiary/aromatic N) is 3. The molecule has 0 spiro atoms. The fraction of sp³-hybridized carbons (Fsp3) is 0.667. The van der Waals surface area contributed by atoms with E-state index >= 15 is 0 Å². The molecule has 2 aliphatic heterocycles. The maximum absolute atomic E-state index is 12.9. The number of aryl methyl sites for hydroxylation is 1. The maximum atomic E-state index is 12.9. The lowest BCUT2D eigenvalue weighted by Gasteiger charge is -2.26. The number of piperidine rings is 1. The third-order valence-corrected chi connectivity index (χ3v) is 7.06. The number of hydrogen-bond donors (Lipinski definition) is 3. The number of benzene rings is 1. The molecule has 1 atom stereocenters. The summed E-state index contributed by atoms with van der Waals surface area (Å²) in [4.78, 5) is 39.1. The van der Waals surface area contributed by atoms with Crippen molar-refractivity contribution in [2.24, 2.45) is 7.05 Å². The molecule has 41 heavy (non-hydrogen) atoms. The van der Waals surface area contributed by atoms with Crippen molar-refractivity contribution in [1.82, 2.24) is 24.7 Å². The van der Waals surface area contributed by atoms with Gasteiger partial charge >= 0.3 is 5.69 Å². The van der Waals surface area contributed by atoms with Gasteiger partial charge in [-0.2, -0.15) is 0 Å². The van der Waals surface area contributed by atoms with Crippen LogP contribution in [0.2, 0.25) is 0 Å². The van der Waals surface area contributed by atoms with E-state index in [0.29, 0.717) is 70.2 Å². The molecule has 2 aliphatic rings. The van der Waals surface area contributed by atoms with E-state index in [-0.39, 0.29) is 30.4 Å². The fourth-order valence-corrected chi connectivity index (χ4v) is 4.86. The van der Waals surface area contributed by atoms with Gasteiger partial charge in [-0.25, -0.2) is 4.79 Å². The SMILES string of the molecule is Cl.Cn1c(=O)n(C2CCC(=O)NC2=O)c2ccc(NCCOCCOCCOCCOCCN3CCNCC3)cc21. The zero-order valence-electron chi connectivity index (χ0n) is 23.7. The second-order valence-corrected chi connectivity index (χ2v) is 9.85. The number of anilines is 1. The highest BCUT2D eigenvalue weighted by molar-refractivity contribution is 6.00. The lowest BCUT2D eigenvalue weighted by atomic mass is 10.1. The van der Waals surface area contributed by atoms with Gasteiger partial charge in [-0.3, -0.25) is 28.9 Å². The number of carbonyl (C=O) groups is 2. The number of carbonyl (C=O) groups excluding carboxylic acids is 2. The third kappa shape index (κ3) is 9.77. The summed E-state index contributed by atoms with van der Waals surface area (Å²) in [7, 11) is 1.67. The van der Waals surface area contributed by atoms with Gasteiger partial charge in [0.05, 0.1) is 63.9 Å². The minimum atomic E-state index is -0.693. The molecule has 2 aromatic rings. The molecule has 3 N–H and O–H groups in total. The average molecular weight is 599 g/mol. The molecule has 0 radical (unpaired) electrons. The van der Waals surface area contributed by atoms with Crippen LogP contribution in [0.3, 0.4) is 0 Å². The van der Waals surface area contributed by atoms with Crippen molar-refractivity contribution < 1.29 is 28.5 Å². The van der Waals surface area contributed by atoms with E-state index in [1.165, 1.54) is 9.13 Å². The molecular weight excluding hydrogens is 556 g/mol. The zero-order valence-corrected chi connectivity index (χ0v) is 24.5. The van der Waals surface area contributed by atoms with Gasteiger partial charge in [-0.05, 0) is 24.6 Å². The van der Waals surface area contributed by atoms with Gasteiger partial charge in [0, 0.05) is 58.4 Å². The minimum Gasteiger partial charge on any atom is -0.383 e. The second kappa shape index (κ2) is 17.4. The molecule has 0 saturated carbocycles. The Morgan fingerprint density at radius 1 is 0.878 bits per heavy atom. The monoisotopic (exact) mass is 598 g/mol. The molecule has 2 amide bonds. The van der Waals surface area contributed by atoms with Crippen LogP contribution in [0, 0.1) is 0 Å². The first-order valence-corrected chi connectivity index (χ1v) is 14.1. The number of nitrogens with one attached hydrogen (secondary N) is 3. The Bertz CT molecular complexity index is 1170. The summed E-state index contributed by atoms with van der Waals surface area (Å²) in [6.07, 6.45) is 0.523. The number of imidazole rings is 1. The summed E-state index contributed by atoms with van der Waals surface area (Å²) in [5.74, 6) is -0.749. The number of rotatable bonds is 17. The topological polar surface area (TPSA) is 137 Å². The van der Waals surface area contributed by atoms with Crippen molar-refractivity contribution in [3.63, 3.8) is 0 Å². The van der Waals surface area contributed by atoms with Gasteiger partial charge in [0.15, 0.2) is 0 Å². The van der Waals surface area contributed by atoms with E-state index in [1.807, 2.05) is 18.2 Å². The number of ether oxygens (including phenoxy) is 4. The largest absolute Gasteiger partial charge is 0.383 e. The van der Waals surface area contributed by atoms with Gasteiger partial charge in [0.2, 0.25) is 11.8 Å². The summed E-state index contributed by atoms with van der Waals surface area (Å²) < 4.78 is 25.3. The predicted molar refractivity (Wildman–Crippen MR) is 157 cm³/mol. The van der Waals surface area contributed by atoms with Gasteiger partial charge in [-0.1, -0.05) is 0 Å². The Hall–Kier alpha value is -2.52. The average Bonchev–Trinajstić information content (AvgIpc) is 3.20. The number of amides is 2. The van der Waals surface area contributed by atoms with E-state index in [4.69, 9.17) is 18.9 Å². The lowest BCUT2D eigenvalue weighted by molar-refractivity contribution is -0.135. The van der Waals surface area contributed by atoms with Gasteiger partial charge in [-0.15, -0.1) is 12.4 Å². The molecule has 1 aromatic heterocycles. The van der Waals surface area contributed by atoms with E-state index in [0.717, 1.165) is 45.0 Å². The number of fused-ring (bicyclic) bond motifs is 1. The predicted octanol–water partition coefficient (Wildman–Crippen LogP) is 0.123. The first-order valence-electron chi connectivity index (χ1n) is 14.1.